The van der Waals surface area contributed by atoms with Gasteiger partial charge in [0.15, 0.2) is 11.5 Å². The number of hydrogen-bond donors (Lipinski definition) is 2. The molecule has 0 radical (unpaired) electrons. The molecule has 4 nitrogen and oxygen atoms in total. The number of amides is 1. The molecule has 1 aliphatic carbocycles. The summed E-state index contributed by atoms with van der Waals surface area (Å²) in [6, 6.07) is 4.71. The highest BCUT2D eigenvalue weighted by Crippen LogP contribution is 2.29. The van der Waals surface area contributed by atoms with Crippen LogP contribution in [0.15, 0.2) is 18.2 Å². The summed E-state index contributed by atoms with van der Waals surface area (Å²) in [6.45, 7) is 2.97. The largest absolute Gasteiger partial charge is 0.504 e. The van der Waals surface area contributed by atoms with Crippen molar-refractivity contribution < 1.29 is 14.6 Å². The predicted molar refractivity (Wildman–Crippen MR) is 78.1 cm³/mol. The van der Waals surface area contributed by atoms with Crippen LogP contribution in [0.4, 0.5) is 0 Å². The van der Waals surface area contributed by atoms with Gasteiger partial charge in [-0.3, -0.25) is 4.79 Å². The first kappa shape index (κ1) is 14.7. The van der Waals surface area contributed by atoms with Crippen LogP contribution in [-0.4, -0.2) is 24.7 Å². The first-order valence-electron chi connectivity index (χ1n) is 7.27. The Bertz CT molecular complexity index is 473. The average Bonchev–Trinajstić information content (AvgIpc) is 2.46. The standard InChI is InChI=1S/C16H23NO3/c1-11-5-3-4-6-13(11)10-17-16(19)12-7-8-15(20-2)14(18)9-12/h7-9,11,13,18H,3-6,10H2,1-2H3,(H,17,19). The van der Waals surface area contributed by atoms with Crippen molar-refractivity contribution in [1.29, 1.82) is 0 Å². The minimum Gasteiger partial charge on any atom is -0.504 e. The topological polar surface area (TPSA) is 58.6 Å². The zero-order valence-electron chi connectivity index (χ0n) is 12.2. The van der Waals surface area contributed by atoms with E-state index in [0.29, 0.717) is 29.7 Å². The summed E-state index contributed by atoms with van der Waals surface area (Å²) in [5, 5.41) is 12.7. The molecule has 1 aromatic carbocycles. The minimum atomic E-state index is -0.138. The van der Waals surface area contributed by atoms with Gasteiger partial charge in [-0.25, -0.2) is 0 Å². The predicted octanol–water partition coefficient (Wildman–Crippen LogP) is 2.96. The highest BCUT2D eigenvalue weighted by atomic mass is 16.5. The van der Waals surface area contributed by atoms with Crippen LogP contribution in [0.25, 0.3) is 0 Å². The van der Waals surface area contributed by atoms with E-state index >= 15 is 0 Å². The van der Waals surface area contributed by atoms with E-state index in [1.807, 2.05) is 0 Å². The minimum absolute atomic E-state index is 0.00816. The second kappa shape index (κ2) is 6.64. The van der Waals surface area contributed by atoms with E-state index in [2.05, 4.69) is 12.2 Å². The van der Waals surface area contributed by atoms with E-state index in [0.717, 1.165) is 0 Å². The highest BCUT2D eigenvalue weighted by molar-refractivity contribution is 5.94. The van der Waals surface area contributed by atoms with Crippen molar-refractivity contribution >= 4 is 5.91 Å². The maximum Gasteiger partial charge on any atom is 0.251 e. The first-order chi connectivity index (χ1) is 9.61. The maximum atomic E-state index is 12.1. The third-order valence-electron chi connectivity index (χ3n) is 4.25. The zero-order valence-corrected chi connectivity index (χ0v) is 12.2. The van der Waals surface area contributed by atoms with E-state index in [4.69, 9.17) is 4.74 Å². The molecule has 0 heterocycles. The van der Waals surface area contributed by atoms with Gasteiger partial charge in [0.1, 0.15) is 0 Å². The Morgan fingerprint density at radius 1 is 1.40 bits per heavy atom. The molecule has 1 fully saturated rings. The first-order valence-corrected chi connectivity index (χ1v) is 7.27. The molecule has 0 saturated heterocycles. The number of hydrogen-bond acceptors (Lipinski definition) is 3. The Morgan fingerprint density at radius 3 is 2.80 bits per heavy atom. The van der Waals surface area contributed by atoms with Gasteiger partial charge in [0, 0.05) is 12.1 Å². The summed E-state index contributed by atoms with van der Waals surface area (Å²) in [5.41, 5.74) is 0.465. The maximum absolute atomic E-state index is 12.1. The summed E-state index contributed by atoms with van der Waals surface area (Å²) in [4.78, 5) is 12.1. The lowest BCUT2D eigenvalue weighted by atomic mass is 9.80. The van der Waals surface area contributed by atoms with Crippen molar-refractivity contribution in [2.45, 2.75) is 32.6 Å². The summed E-state index contributed by atoms with van der Waals surface area (Å²) in [6.07, 6.45) is 5.01. The van der Waals surface area contributed by atoms with E-state index in [-0.39, 0.29) is 11.7 Å². The number of carbonyl (C=O) groups is 1. The lowest BCUT2D eigenvalue weighted by molar-refractivity contribution is 0.0936. The Kier molecular flexibility index (Phi) is 4.88. The second-order valence-electron chi connectivity index (χ2n) is 5.62. The third kappa shape index (κ3) is 3.44. The van der Waals surface area contributed by atoms with Crippen molar-refractivity contribution in [2.75, 3.05) is 13.7 Å². The van der Waals surface area contributed by atoms with Crippen LogP contribution >= 0.6 is 0 Å². The molecule has 20 heavy (non-hydrogen) atoms. The van der Waals surface area contributed by atoms with Crippen LogP contribution in [0.2, 0.25) is 0 Å². The average molecular weight is 277 g/mol. The van der Waals surface area contributed by atoms with E-state index in [1.54, 1.807) is 12.1 Å². The van der Waals surface area contributed by atoms with E-state index in [9.17, 15) is 9.90 Å². The van der Waals surface area contributed by atoms with Gasteiger partial charge in [0.05, 0.1) is 7.11 Å². The molecule has 1 saturated carbocycles. The molecule has 1 aliphatic rings. The Morgan fingerprint density at radius 2 is 2.15 bits per heavy atom. The number of aromatic hydroxyl groups is 1. The summed E-state index contributed by atoms with van der Waals surface area (Å²) in [5.74, 6) is 1.47. The summed E-state index contributed by atoms with van der Waals surface area (Å²) in [7, 11) is 1.49. The molecule has 2 unspecified atom stereocenters. The molecule has 0 aromatic heterocycles. The second-order valence-corrected chi connectivity index (χ2v) is 5.62. The number of nitrogens with one attached hydrogen (secondary N) is 1. The van der Waals surface area contributed by atoms with Gasteiger partial charge in [0.2, 0.25) is 0 Å². The SMILES string of the molecule is COc1ccc(C(=O)NCC2CCCCC2C)cc1O. The van der Waals surface area contributed by atoms with Crippen molar-refractivity contribution in [2.24, 2.45) is 11.8 Å². The fraction of sp³-hybridized carbons (Fsp3) is 0.562. The van der Waals surface area contributed by atoms with Crippen LogP contribution in [0.1, 0.15) is 43.0 Å². The molecule has 1 amide bonds. The van der Waals surface area contributed by atoms with Gasteiger partial charge >= 0.3 is 0 Å². The number of phenols is 1. The van der Waals surface area contributed by atoms with Crippen LogP contribution < -0.4 is 10.1 Å². The van der Waals surface area contributed by atoms with Gasteiger partial charge in [-0.05, 0) is 36.5 Å². The molecular weight excluding hydrogens is 254 g/mol. The van der Waals surface area contributed by atoms with Crippen LogP contribution in [0, 0.1) is 11.8 Å². The van der Waals surface area contributed by atoms with Gasteiger partial charge in [-0.15, -0.1) is 0 Å². The van der Waals surface area contributed by atoms with Crippen LogP contribution in [0.3, 0.4) is 0 Å². The lowest BCUT2D eigenvalue weighted by Crippen LogP contribution is -2.33. The molecule has 0 spiro atoms. The molecule has 1 aromatic rings. The summed E-state index contributed by atoms with van der Waals surface area (Å²) >= 11 is 0. The fourth-order valence-electron chi connectivity index (χ4n) is 2.85. The monoisotopic (exact) mass is 277 g/mol. The number of rotatable bonds is 4. The van der Waals surface area contributed by atoms with Gasteiger partial charge in [-0.2, -0.15) is 0 Å². The van der Waals surface area contributed by atoms with Crippen molar-refractivity contribution in [1.82, 2.24) is 5.32 Å². The Hall–Kier alpha value is -1.71. The van der Waals surface area contributed by atoms with Crippen LogP contribution in [0.5, 0.6) is 11.5 Å². The van der Waals surface area contributed by atoms with Crippen LogP contribution in [-0.2, 0) is 0 Å². The molecule has 0 bridgehead atoms. The molecule has 0 aliphatic heterocycles. The third-order valence-corrected chi connectivity index (χ3v) is 4.25. The highest BCUT2D eigenvalue weighted by Gasteiger charge is 2.21. The number of benzene rings is 1. The van der Waals surface area contributed by atoms with Gasteiger partial charge in [-0.1, -0.05) is 26.2 Å². The van der Waals surface area contributed by atoms with E-state index < -0.39 is 0 Å². The summed E-state index contributed by atoms with van der Waals surface area (Å²) < 4.78 is 4.97. The van der Waals surface area contributed by atoms with E-state index in [1.165, 1.54) is 38.9 Å². The Balaban J connectivity index is 1.93. The number of ether oxygens (including phenoxy) is 1. The quantitative estimate of drug-likeness (QED) is 0.889. The number of methoxy groups -OCH3 is 1. The normalized spacial score (nSPS) is 22.3. The molecular formula is C16H23NO3. The number of phenolic OH excluding ortho intramolecular Hbond substituents is 1. The molecule has 2 atom stereocenters. The van der Waals surface area contributed by atoms with Gasteiger partial charge < -0.3 is 15.2 Å². The Labute approximate surface area is 120 Å². The lowest BCUT2D eigenvalue weighted by Gasteiger charge is -2.28. The molecule has 4 heteroatoms. The molecule has 110 valence electrons. The zero-order chi connectivity index (χ0) is 14.5. The van der Waals surface area contributed by atoms with Gasteiger partial charge in [0.25, 0.3) is 5.91 Å². The van der Waals surface area contributed by atoms with Crippen molar-refractivity contribution in [3.8, 4) is 11.5 Å². The van der Waals surface area contributed by atoms with Crippen molar-refractivity contribution in [3.05, 3.63) is 23.8 Å². The smallest absolute Gasteiger partial charge is 0.251 e. The molecule has 2 rings (SSSR count). The van der Waals surface area contributed by atoms with Crippen molar-refractivity contribution in [3.63, 3.8) is 0 Å². The number of carbonyl (C=O) groups excluding carboxylic acids is 1. The fourth-order valence-corrected chi connectivity index (χ4v) is 2.85. The molecule has 2 N–H and O–H groups in total.